The molecule has 3 aromatic carbocycles. The van der Waals surface area contributed by atoms with Crippen molar-refractivity contribution in [3.05, 3.63) is 105 Å². The van der Waals surface area contributed by atoms with Crippen molar-refractivity contribution in [3.63, 3.8) is 0 Å². The molecule has 0 saturated carbocycles. The maximum Gasteiger partial charge on any atom is 0.537 e. The van der Waals surface area contributed by atoms with Gasteiger partial charge in [0.15, 0.2) is 0 Å². The van der Waals surface area contributed by atoms with E-state index in [0.717, 1.165) is 33.4 Å². The minimum Gasteiger partial charge on any atom is -0.374 e. The summed E-state index contributed by atoms with van der Waals surface area (Å²) in [7, 11) is -2.79. The van der Waals surface area contributed by atoms with Gasteiger partial charge in [-0.1, -0.05) is 71.3 Å². The number of thiol groups is 3. The van der Waals surface area contributed by atoms with E-state index < -0.39 is 42.3 Å². The first-order chi connectivity index (χ1) is 18.8. The minimum absolute atomic E-state index is 0.630. The van der Waals surface area contributed by atoms with Crippen molar-refractivity contribution in [1.29, 1.82) is 0 Å². The molecule has 0 aliphatic carbocycles. The first kappa shape index (κ1) is 32.1. The Morgan fingerprint density at radius 1 is 0.525 bits per heavy atom. The second-order valence-corrected chi connectivity index (χ2v) is 12.3. The Labute approximate surface area is 253 Å². The van der Waals surface area contributed by atoms with Gasteiger partial charge in [-0.05, 0) is 74.9 Å². The number of rotatable bonds is 9. The smallest absolute Gasteiger partial charge is 0.374 e. The molecule has 0 heterocycles. The number of carbonyl (C=O) groups is 3. The summed E-state index contributed by atoms with van der Waals surface area (Å²) in [5.41, 5.74) is 7.19. The molecule has 3 unspecified atom stereocenters. The SMILES string of the molecule is Cc1ccc(C)c(C(S)C(=O)OP(OC(=O)C(S)c2cc(C)ccc2C)OC(=O)C(S)c2cc(C)ccc2C)c1. The molecule has 3 aromatic rings. The van der Waals surface area contributed by atoms with E-state index in [-0.39, 0.29) is 0 Å². The first-order valence-corrected chi connectivity index (χ1v) is 15.1. The Bertz CT molecular complexity index is 1260. The van der Waals surface area contributed by atoms with E-state index in [9.17, 15) is 14.4 Å². The summed E-state index contributed by atoms with van der Waals surface area (Å²) in [4.78, 5) is 39.5. The van der Waals surface area contributed by atoms with Crippen LogP contribution in [0.1, 0.15) is 65.8 Å². The van der Waals surface area contributed by atoms with Crippen LogP contribution < -0.4 is 0 Å². The van der Waals surface area contributed by atoms with Crippen LogP contribution in [0.3, 0.4) is 0 Å². The van der Waals surface area contributed by atoms with E-state index in [1.165, 1.54) is 0 Å². The molecule has 0 radical (unpaired) electrons. The van der Waals surface area contributed by atoms with Crippen molar-refractivity contribution < 1.29 is 28.0 Å². The monoisotopic (exact) mass is 616 g/mol. The largest absolute Gasteiger partial charge is 0.537 e. The number of hydrogen-bond donors (Lipinski definition) is 3. The van der Waals surface area contributed by atoms with Crippen molar-refractivity contribution in [2.45, 2.75) is 57.3 Å². The summed E-state index contributed by atoms with van der Waals surface area (Å²) < 4.78 is 16.4. The van der Waals surface area contributed by atoms with Crippen molar-refractivity contribution in [2.75, 3.05) is 0 Å². The Kier molecular flexibility index (Phi) is 11.2. The van der Waals surface area contributed by atoms with Crippen molar-refractivity contribution >= 4 is 64.4 Å². The van der Waals surface area contributed by atoms with Gasteiger partial charge in [-0.25, -0.2) is 0 Å². The van der Waals surface area contributed by atoms with Gasteiger partial charge >= 0.3 is 26.5 Å². The van der Waals surface area contributed by atoms with Gasteiger partial charge in [0.05, 0.1) is 0 Å². The fraction of sp³-hybridized carbons (Fsp3) is 0.300. The molecule has 0 saturated heterocycles. The molecular weight excluding hydrogens is 583 g/mol. The second kappa shape index (κ2) is 13.9. The van der Waals surface area contributed by atoms with Gasteiger partial charge in [0.2, 0.25) is 0 Å². The van der Waals surface area contributed by atoms with Gasteiger partial charge in [0.25, 0.3) is 0 Å². The van der Waals surface area contributed by atoms with Gasteiger partial charge in [-0.15, -0.1) is 0 Å². The van der Waals surface area contributed by atoms with E-state index in [1.54, 1.807) is 0 Å². The van der Waals surface area contributed by atoms with Crippen molar-refractivity contribution in [1.82, 2.24) is 0 Å². The number of carbonyl (C=O) groups excluding carboxylic acids is 3. The standard InChI is InChI=1S/C30H33O6PS3/c1-16-7-10-19(4)22(13-16)25(38)28(31)34-37(35-29(32)26(39)23-14-17(2)8-11-20(23)5)36-30(33)27(40)24-15-18(3)9-12-21(24)6/h7-15,25-27,38-40H,1-6H3. The average Bonchev–Trinajstić information content (AvgIpc) is 2.91. The van der Waals surface area contributed by atoms with Crippen molar-refractivity contribution in [2.24, 2.45) is 0 Å². The Balaban J connectivity index is 1.86. The third-order valence-electron chi connectivity index (χ3n) is 6.35. The number of hydrogen-bond acceptors (Lipinski definition) is 9. The zero-order valence-electron chi connectivity index (χ0n) is 23.2. The number of aryl methyl sites for hydroxylation is 6. The van der Waals surface area contributed by atoms with Crippen LogP contribution in [0, 0.1) is 41.5 Å². The summed E-state index contributed by atoms with van der Waals surface area (Å²) >= 11 is 13.4. The van der Waals surface area contributed by atoms with Crippen molar-refractivity contribution in [3.8, 4) is 0 Å². The van der Waals surface area contributed by atoms with Gasteiger partial charge in [-0.2, -0.15) is 37.9 Å². The normalized spacial score (nSPS) is 14.0. The van der Waals surface area contributed by atoms with Crippen LogP contribution in [0.2, 0.25) is 0 Å². The lowest BCUT2D eigenvalue weighted by atomic mass is 10.0. The third kappa shape index (κ3) is 8.06. The van der Waals surface area contributed by atoms with Crippen LogP contribution in [-0.2, 0) is 28.0 Å². The predicted molar refractivity (Wildman–Crippen MR) is 168 cm³/mol. The highest BCUT2D eigenvalue weighted by atomic mass is 32.1. The molecule has 0 aliphatic heterocycles. The van der Waals surface area contributed by atoms with E-state index in [2.05, 4.69) is 37.9 Å². The Morgan fingerprint density at radius 3 is 1.02 bits per heavy atom. The lowest BCUT2D eigenvalue weighted by Gasteiger charge is -2.21. The fourth-order valence-electron chi connectivity index (χ4n) is 3.97. The first-order valence-electron chi connectivity index (χ1n) is 12.5. The van der Waals surface area contributed by atoms with Crippen LogP contribution in [-0.4, -0.2) is 17.9 Å². The molecule has 3 rings (SSSR count). The highest BCUT2D eigenvalue weighted by Crippen LogP contribution is 2.46. The Hall–Kier alpha value is -2.45. The molecule has 0 aromatic heterocycles. The Morgan fingerprint density at radius 2 is 0.775 bits per heavy atom. The van der Waals surface area contributed by atoms with Crippen LogP contribution >= 0.6 is 46.5 Å². The molecule has 0 bridgehead atoms. The predicted octanol–water partition coefficient (Wildman–Crippen LogP) is 7.71. The summed E-state index contributed by atoms with van der Waals surface area (Å²) in [6.07, 6.45) is 0. The lowest BCUT2D eigenvalue weighted by molar-refractivity contribution is -0.141. The van der Waals surface area contributed by atoms with E-state index in [4.69, 9.17) is 13.6 Å². The van der Waals surface area contributed by atoms with Gasteiger partial charge in [0.1, 0.15) is 15.7 Å². The molecule has 0 N–H and O–H groups in total. The van der Waals surface area contributed by atoms with Gasteiger partial charge < -0.3 is 13.6 Å². The van der Waals surface area contributed by atoms with E-state index in [0.29, 0.717) is 16.7 Å². The number of benzene rings is 3. The third-order valence-corrected chi connectivity index (χ3v) is 8.81. The molecular formula is C30H33O6PS3. The zero-order chi connectivity index (χ0) is 29.7. The maximum atomic E-state index is 13.2. The molecule has 212 valence electrons. The summed E-state index contributed by atoms with van der Waals surface area (Å²) in [6.45, 7) is 11.2. The summed E-state index contributed by atoms with van der Waals surface area (Å²) in [5.74, 6) is -2.48. The lowest BCUT2D eigenvalue weighted by Crippen LogP contribution is -2.18. The molecule has 6 nitrogen and oxygen atoms in total. The molecule has 0 aliphatic rings. The fourth-order valence-corrected chi connectivity index (χ4v) is 6.08. The van der Waals surface area contributed by atoms with Gasteiger partial charge in [-0.3, -0.25) is 14.4 Å². The molecule has 0 fully saturated rings. The molecule has 0 spiro atoms. The summed E-state index contributed by atoms with van der Waals surface area (Å²) in [5, 5.41) is -3.00. The quantitative estimate of drug-likeness (QED) is 0.169. The molecule has 0 amide bonds. The van der Waals surface area contributed by atoms with E-state index in [1.807, 2.05) is 96.1 Å². The maximum absolute atomic E-state index is 13.2. The summed E-state index contributed by atoms with van der Waals surface area (Å²) in [6, 6.07) is 16.8. The van der Waals surface area contributed by atoms with Crippen LogP contribution in [0.25, 0.3) is 0 Å². The highest BCUT2D eigenvalue weighted by molar-refractivity contribution is 7.81. The molecule has 3 atom stereocenters. The second-order valence-electron chi connectivity index (χ2n) is 9.74. The van der Waals surface area contributed by atoms with Crippen LogP contribution in [0.4, 0.5) is 0 Å². The van der Waals surface area contributed by atoms with Gasteiger partial charge in [0, 0.05) is 0 Å². The zero-order valence-corrected chi connectivity index (χ0v) is 26.7. The molecule has 10 heteroatoms. The van der Waals surface area contributed by atoms with Crippen LogP contribution in [0.15, 0.2) is 54.6 Å². The van der Waals surface area contributed by atoms with E-state index >= 15 is 0 Å². The van der Waals surface area contributed by atoms with Crippen LogP contribution in [0.5, 0.6) is 0 Å². The molecule has 40 heavy (non-hydrogen) atoms. The highest BCUT2D eigenvalue weighted by Gasteiger charge is 2.35. The minimum atomic E-state index is -2.79. The average molecular weight is 617 g/mol. The topological polar surface area (TPSA) is 78.9 Å².